The van der Waals surface area contributed by atoms with Crippen molar-refractivity contribution in [1.29, 1.82) is 0 Å². The highest BCUT2D eigenvalue weighted by molar-refractivity contribution is 5.83. The predicted molar refractivity (Wildman–Crippen MR) is 84.9 cm³/mol. The largest absolute Gasteiger partial charge is 0.469 e. The quantitative estimate of drug-likeness (QED) is 0.879. The number of pyridine rings is 1. The molecule has 1 aromatic heterocycles. The van der Waals surface area contributed by atoms with Crippen molar-refractivity contribution in [3.05, 3.63) is 36.0 Å². The Kier molecular flexibility index (Phi) is 4.53. The molecule has 22 heavy (non-hydrogen) atoms. The Balaban J connectivity index is 1.79. The van der Waals surface area contributed by atoms with Gasteiger partial charge in [-0.2, -0.15) is 0 Å². The molecule has 0 bridgehead atoms. The van der Waals surface area contributed by atoms with Gasteiger partial charge in [0.05, 0.1) is 30.9 Å². The molecule has 2 heterocycles. The Morgan fingerprint density at radius 1 is 1.36 bits per heavy atom. The van der Waals surface area contributed by atoms with E-state index in [1.165, 1.54) is 7.11 Å². The monoisotopic (exact) mass is 300 g/mol. The number of methoxy groups -OCH3 is 1. The normalized spacial score (nSPS) is 15.7. The second-order valence-corrected chi connectivity index (χ2v) is 5.53. The van der Waals surface area contributed by atoms with Gasteiger partial charge in [0.15, 0.2) is 0 Å². The average Bonchev–Trinajstić information content (AvgIpc) is 2.55. The number of rotatable bonds is 4. The van der Waals surface area contributed by atoms with Gasteiger partial charge in [0.2, 0.25) is 0 Å². The molecule has 0 atom stereocenters. The minimum atomic E-state index is -0.233. The summed E-state index contributed by atoms with van der Waals surface area (Å²) in [7, 11) is 1.40. The maximum atomic E-state index is 11.4. The Morgan fingerprint density at radius 3 is 2.95 bits per heavy atom. The first-order valence-corrected chi connectivity index (χ1v) is 7.54. The van der Waals surface area contributed by atoms with Crippen LogP contribution >= 0.6 is 0 Å². The van der Waals surface area contributed by atoms with Crippen molar-refractivity contribution < 1.29 is 14.3 Å². The third kappa shape index (κ3) is 3.54. The van der Waals surface area contributed by atoms with Gasteiger partial charge in [-0.3, -0.25) is 9.78 Å². The van der Waals surface area contributed by atoms with E-state index in [9.17, 15) is 4.79 Å². The molecule has 1 saturated heterocycles. The molecule has 116 valence electrons. The molecule has 5 heteroatoms. The highest BCUT2D eigenvalue weighted by atomic mass is 16.5. The van der Waals surface area contributed by atoms with Crippen LogP contribution in [0.4, 0.5) is 5.69 Å². The third-order valence-corrected chi connectivity index (χ3v) is 3.91. The first-order valence-electron chi connectivity index (χ1n) is 7.54. The van der Waals surface area contributed by atoms with Gasteiger partial charge in [-0.25, -0.2) is 0 Å². The van der Waals surface area contributed by atoms with Crippen LogP contribution in [-0.4, -0.2) is 37.3 Å². The Labute approximate surface area is 129 Å². The zero-order valence-corrected chi connectivity index (χ0v) is 12.7. The minimum Gasteiger partial charge on any atom is -0.469 e. The molecule has 1 aliphatic rings. The molecule has 2 aromatic rings. The van der Waals surface area contributed by atoms with Crippen molar-refractivity contribution in [3.8, 4) is 0 Å². The maximum absolute atomic E-state index is 11.4. The number of nitrogens with one attached hydrogen (secondary N) is 1. The number of carbonyl (C=O) groups is 1. The summed E-state index contributed by atoms with van der Waals surface area (Å²) in [5.41, 5.74) is 2.87. The second kappa shape index (κ2) is 6.75. The number of aromatic nitrogens is 1. The fourth-order valence-electron chi connectivity index (χ4n) is 2.69. The van der Waals surface area contributed by atoms with E-state index in [0.717, 1.165) is 48.2 Å². The van der Waals surface area contributed by atoms with Crippen molar-refractivity contribution in [2.45, 2.75) is 25.3 Å². The van der Waals surface area contributed by atoms with Crippen LogP contribution in [0.15, 0.2) is 30.5 Å². The van der Waals surface area contributed by atoms with E-state index in [4.69, 9.17) is 9.47 Å². The number of hydrogen-bond acceptors (Lipinski definition) is 5. The first kappa shape index (κ1) is 14.8. The Bertz CT molecular complexity index is 666. The molecule has 3 rings (SSSR count). The van der Waals surface area contributed by atoms with E-state index < -0.39 is 0 Å². The zero-order chi connectivity index (χ0) is 15.4. The third-order valence-electron chi connectivity index (χ3n) is 3.91. The smallest absolute Gasteiger partial charge is 0.309 e. The van der Waals surface area contributed by atoms with Crippen LogP contribution in [-0.2, 0) is 20.7 Å². The molecule has 1 aromatic carbocycles. The van der Waals surface area contributed by atoms with Crippen molar-refractivity contribution in [3.63, 3.8) is 0 Å². The number of ether oxygens (including phenoxy) is 2. The van der Waals surface area contributed by atoms with Crippen LogP contribution < -0.4 is 5.32 Å². The Hall–Kier alpha value is -2.14. The summed E-state index contributed by atoms with van der Waals surface area (Å²) in [6.45, 7) is 1.61. The fraction of sp³-hybridized carbons (Fsp3) is 0.412. The van der Waals surface area contributed by atoms with Gasteiger partial charge in [-0.05, 0) is 36.6 Å². The number of fused-ring (bicyclic) bond motifs is 1. The molecule has 0 aliphatic carbocycles. The van der Waals surface area contributed by atoms with Gasteiger partial charge in [-0.15, -0.1) is 0 Å². The number of carbonyl (C=O) groups excluding carboxylic acids is 1. The van der Waals surface area contributed by atoms with Gasteiger partial charge in [0.25, 0.3) is 0 Å². The zero-order valence-electron chi connectivity index (χ0n) is 12.7. The topological polar surface area (TPSA) is 60.5 Å². The predicted octanol–water partition coefficient (Wildman–Crippen LogP) is 2.54. The van der Waals surface area contributed by atoms with Gasteiger partial charge < -0.3 is 14.8 Å². The van der Waals surface area contributed by atoms with Crippen LogP contribution in [0.5, 0.6) is 0 Å². The summed E-state index contributed by atoms with van der Waals surface area (Å²) < 4.78 is 10.1. The summed E-state index contributed by atoms with van der Waals surface area (Å²) in [5, 5.41) is 4.54. The van der Waals surface area contributed by atoms with Crippen LogP contribution in [0.3, 0.4) is 0 Å². The lowest BCUT2D eigenvalue weighted by Gasteiger charge is -2.24. The summed E-state index contributed by atoms with van der Waals surface area (Å²) in [6.07, 6.45) is 4.17. The van der Waals surface area contributed by atoms with Crippen LogP contribution in [0.2, 0.25) is 0 Å². The second-order valence-electron chi connectivity index (χ2n) is 5.53. The molecule has 0 unspecified atom stereocenters. The maximum Gasteiger partial charge on any atom is 0.309 e. The lowest BCUT2D eigenvalue weighted by Crippen LogP contribution is -2.27. The van der Waals surface area contributed by atoms with Crippen LogP contribution in [0.25, 0.3) is 10.9 Å². The Morgan fingerprint density at radius 2 is 2.18 bits per heavy atom. The summed E-state index contributed by atoms with van der Waals surface area (Å²) >= 11 is 0. The van der Waals surface area contributed by atoms with Crippen molar-refractivity contribution in [1.82, 2.24) is 4.98 Å². The minimum absolute atomic E-state index is 0.233. The van der Waals surface area contributed by atoms with Crippen molar-refractivity contribution in [2.24, 2.45) is 0 Å². The number of esters is 1. The lowest BCUT2D eigenvalue weighted by atomic mass is 10.1. The SMILES string of the molecule is COC(=O)Cc1ccc2ncc(NC3CCOCC3)cc2c1. The highest BCUT2D eigenvalue weighted by Gasteiger charge is 2.13. The van der Waals surface area contributed by atoms with Gasteiger partial charge in [-0.1, -0.05) is 6.07 Å². The first-order chi connectivity index (χ1) is 10.7. The summed E-state index contributed by atoms with van der Waals surface area (Å²) in [6, 6.07) is 8.36. The van der Waals surface area contributed by atoms with Gasteiger partial charge in [0, 0.05) is 24.6 Å². The molecule has 1 aliphatic heterocycles. The van der Waals surface area contributed by atoms with E-state index >= 15 is 0 Å². The molecular formula is C17H20N2O3. The fourth-order valence-corrected chi connectivity index (χ4v) is 2.69. The molecule has 0 saturated carbocycles. The molecule has 0 spiro atoms. The van der Waals surface area contributed by atoms with Gasteiger partial charge >= 0.3 is 5.97 Å². The van der Waals surface area contributed by atoms with Crippen molar-refractivity contribution in [2.75, 3.05) is 25.6 Å². The van der Waals surface area contributed by atoms with E-state index in [-0.39, 0.29) is 12.4 Å². The number of anilines is 1. The van der Waals surface area contributed by atoms with E-state index in [1.807, 2.05) is 24.4 Å². The van der Waals surface area contributed by atoms with E-state index in [2.05, 4.69) is 16.4 Å². The molecule has 1 N–H and O–H groups in total. The van der Waals surface area contributed by atoms with Crippen molar-refractivity contribution >= 4 is 22.6 Å². The average molecular weight is 300 g/mol. The van der Waals surface area contributed by atoms with E-state index in [1.54, 1.807) is 0 Å². The summed E-state index contributed by atoms with van der Waals surface area (Å²) in [5.74, 6) is -0.233. The number of hydrogen-bond donors (Lipinski definition) is 1. The van der Waals surface area contributed by atoms with E-state index in [0.29, 0.717) is 6.04 Å². The summed E-state index contributed by atoms with van der Waals surface area (Å²) in [4.78, 5) is 15.9. The highest BCUT2D eigenvalue weighted by Crippen LogP contribution is 2.21. The number of benzene rings is 1. The van der Waals surface area contributed by atoms with Gasteiger partial charge in [0.1, 0.15) is 0 Å². The molecule has 0 amide bonds. The van der Waals surface area contributed by atoms with Crippen LogP contribution in [0, 0.1) is 0 Å². The number of nitrogens with zero attached hydrogens (tertiary/aromatic N) is 1. The molecule has 1 fully saturated rings. The standard InChI is InChI=1S/C17H20N2O3/c1-21-17(20)9-12-2-3-16-13(8-12)10-15(11-18-16)19-14-4-6-22-7-5-14/h2-3,8,10-11,14,19H,4-7,9H2,1H3. The lowest BCUT2D eigenvalue weighted by molar-refractivity contribution is -0.139. The molecular weight excluding hydrogens is 280 g/mol. The van der Waals surface area contributed by atoms with Crippen LogP contribution in [0.1, 0.15) is 18.4 Å². The molecule has 0 radical (unpaired) electrons. The molecule has 5 nitrogen and oxygen atoms in total.